The summed E-state index contributed by atoms with van der Waals surface area (Å²) in [6, 6.07) is 18.5. The third-order valence-corrected chi connectivity index (χ3v) is 3.10. The minimum absolute atomic E-state index is 0.628. The molecule has 2 aromatic carbocycles. The molecule has 2 heteroatoms. The van der Waals surface area contributed by atoms with Crippen molar-refractivity contribution in [1.29, 1.82) is 0 Å². The first-order chi connectivity index (χ1) is 8.38. The molecule has 0 amide bonds. The monoisotopic (exact) mass is 244 g/mol. The maximum atomic E-state index is 5.72. The van der Waals surface area contributed by atoms with Crippen molar-refractivity contribution in [1.82, 2.24) is 0 Å². The fraction of sp³-hybridized carbons (Fsp3) is 0.200. The molecule has 0 unspecified atom stereocenters. The van der Waals surface area contributed by atoms with Crippen molar-refractivity contribution < 1.29 is 4.74 Å². The Labute approximate surface area is 107 Å². The minimum atomic E-state index is 0.628. The van der Waals surface area contributed by atoms with E-state index in [2.05, 4.69) is 30.5 Å². The van der Waals surface area contributed by atoms with Crippen molar-refractivity contribution in [3.63, 3.8) is 0 Å². The van der Waals surface area contributed by atoms with Crippen LogP contribution in [-0.2, 0) is 12.4 Å². The molecule has 0 saturated carbocycles. The van der Waals surface area contributed by atoms with E-state index in [1.165, 1.54) is 11.1 Å². The lowest BCUT2D eigenvalue weighted by Gasteiger charge is -2.06. The number of hydrogen-bond donors (Lipinski definition) is 0. The molecule has 0 radical (unpaired) electrons. The van der Waals surface area contributed by atoms with E-state index in [0.717, 1.165) is 11.5 Å². The Morgan fingerprint density at radius 3 is 2.24 bits per heavy atom. The van der Waals surface area contributed by atoms with Crippen molar-refractivity contribution in [3.05, 3.63) is 65.7 Å². The second-order valence-corrected chi connectivity index (χ2v) is 4.72. The first kappa shape index (κ1) is 12.1. The molecule has 0 heterocycles. The quantitative estimate of drug-likeness (QED) is 0.782. The fourth-order valence-electron chi connectivity index (χ4n) is 1.59. The van der Waals surface area contributed by atoms with Crippen LogP contribution in [0.1, 0.15) is 11.1 Å². The van der Waals surface area contributed by atoms with Gasteiger partial charge in [0.25, 0.3) is 0 Å². The van der Waals surface area contributed by atoms with E-state index in [4.69, 9.17) is 4.74 Å². The van der Waals surface area contributed by atoms with Gasteiger partial charge in [0.15, 0.2) is 0 Å². The van der Waals surface area contributed by atoms with Crippen LogP contribution in [-0.4, -0.2) is 6.26 Å². The Balaban J connectivity index is 1.91. The van der Waals surface area contributed by atoms with Gasteiger partial charge in [-0.25, -0.2) is 0 Å². The number of hydrogen-bond acceptors (Lipinski definition) is 2. The van der Waals surface area contributed by atoms with Crippen molar-refractivity contribution in [2.75, 3.05) is 6.26 Å². The molecule has 0 saturated heterocycles. The SMILES string of the molecule is CSCc1ccc(OCc2ccccc2)cc1. The zero-order valence-corrected chi connectivity index (χ0v) is 10.7. The van der Waals surface area contributed by atoms with Crippen molar-refractivity contribution >= 4 is 11.8 Å². The molecule has 2 rings (SSSR count). The summed E-state index contributed by atoms with van der Waals surface area (Å²) in [5, 5.41) is 0. The summed E-state index contributed by atoms with van der Waals surface area (Å²) in [4.78, 5) is 0. The maximum absolute atomic E-state index is 5.72. The standard InChI is InChI=1S/C15H16OS/c1-17-12-14-7-9-15(10-8-14)16-11-13-5-3-2-4-6-13/h2-10H,11-12H2,1H3. The van der Waals surface area contributed by atoms with Crippen LogP contribution in [0.4, 0.5) is 0 Å². The van der Waals surface area contributed by atoms with E-state index >= 15 is 0 Å². The average molecular weight is 244 g/mol. The smallest absolute Gasteiger partial charge is 0.119 e. The summed E-state index contributed by atoms with van der Waals surface area (Å²) in [5.74, 6) is 1.98. The number of thioether (sulfide) groups is 1. The lowest BCUT2D eigenvalue weighted by Crippen LogP contribution is -1.94. The van der Waals surface area contributed by atoms with Crippen LogP contribution < -0.4 is 4.74 Å². The van der Waals surface area contributed by atoms with Gasteiger partial charge in [0, 0.05) is 5.75 Å². The molecule has 0 aromatic heterocycles. The predicted octanol–water partition coefficient (Wildman–Crippen LogP) is 4.13. The van der Waals surface area contributed by atoms with E-state index in [1.54, 1.807) is 0 Å². The summed E-state index contributed by atoms with van der Waals surface area (Å²) in [5.41, 5.74) is 2.53. The van der Waals surface area contributed by atoms with Gasteiger partial charge in [0.05, 0.1) is 0 Å². The highest BCUT2D eigenvalue weighted by Crippen LogP contribution is 2.16. The topological polar surface area (TPSA) is 9.23 Å². The van der Waals surface area contributed by atoms with Gasteiger partial charge >= 0.3 is 0 Å². The lowest BCUT2D eigenvalue weighted by molar-refractivity contribution is 0.306. The van der Waals surface area contributed by atoms with E-state index in [0.29, 0.717) is 6.61 Å². The van der Waals surface area contributed by atoms with E-state index in [9.17, 15) is 0 Å². The van der Waals surface area contributed by atoms with Gasteiger partial charge in [-0.2, -0.15) is 11.8 Å². The highest BCUT2D eigenvalue weighted by atomic mass is 32.2. The Morgan fingerprint density at radius 2 is 1.59 bits per heavy atom. The second-order valence-electron chi connectivity index (χ2n) is 3.85. The van der Waals surface area contributed by atoms with Crippen LogP contribution in [0.5, 0.6) is 5.75 Å². The first-order valence-corrected chi connectivity index (χ1v) is 7.02. The van der Waals surface area contributed by atoms with Gasteiger partial charge in [0.1, 0.15) is 12.4 Å². The van der Waals surface area contributed by atoms with Crippen molar-refractivity contribution in [2.45, 2.75) is 12.4 Å². The van der Waals surface area contributed by atoms with Gasteiger partial charge in [-0.1, -0.05) is 42.5 Å². The molecule has 17 heavy (non-hydrogen) atoms. The fourth-order valence-corrected chi connectivity index (χ4v) is 2.12. The second kappa shape index (κ2) is 6.36. The maximum Gasteiger partial charge on any atom is 0.119 e. The summed E-state index contributed by atoms with van der Waals surface area (Å²) in [6.45, 7) is 0.628. The number of rotatable bonds is 5. The molecule has 0 aliphatic carbocycles. The number of ether oxygens (including phenoxy) is 1. The minimum Gasteiger partial charge on any atom is -0.489 e. The van der Waals surface area contributed by atoms with Gasteiger partial charge < -0.3 is 4.74 Å². The molecule has 1 nitrogen and oxygen atoms in total. The molecule has 0 fully saturated rings. The Bertz CT molecular complexity index is 436. The highest BCUT2D eigenvalue weighted by molar-refractivity contribution is 7.97. The molecule has 0 spiro atoms. The zero-order valence-electron chi connectivity index (χ0n) is 9.93. The third kappa shape index (κ3) is 3.82. The summed E-state index contributed by atoms with van der Waals surface area (Å²) < 4.78 is 5.72. The van der Waals surface area contributed by atoms with Crippen LogP contribution in [0, 0.1) is 0 Å². The van der Waals surface area contributed by atoms with E-state index in [-0.39, 0.29) is 0 Å². The van der Waals surface area contributed by atoms with Crippen LogP contribution in [0.3, 0.4) is 0 Å². The molecular formula is C15H16OS. The summed E-state index contributed by atoms with van der Waals surface area (Å²) in [7, 11) is 0. The Morgan fingerprint density at radius 1 is 0.882 bits per heavy atom. The van der Waals surface area contributed by atoms with Crippen LogP contribution in [0.15, 0.2) is 54.6 Å². The molecule has 0 bridgehead atoms. The molecule has 0 atom stereocenters. The Hall–Kier alpha value is -1.41. The van der Waals surface area contributed by atoms with Gasteiger partial charge in [-0.05, 0) is 29.5 Å². The van der Waals surface area contributed by atoms with Gasteiger partial charge in [0.2, 0.25) is 0 Å². The largest absolute Gasteiger partial charge is 0.489 e. The molecule has 88 valence electrons. The number of benzene rings is 2. The van der Waals surface area contributed by atoms with Crippen LogP contribution in [0.2, 0.25) is 0 Å². The normalized spacial score (nSPS) is 10.2. The van der Waals surface area contributed by atoms with Crippen molar-refractivity contribution in [2.24, 2.45) is 0 Å². The van der Waals surface area contributed by atoms with Crippen molar-refractivity contribution in [3.8, 4) is 5.75 Å². The molecule has 2 aromatic rings. The highest BCUT2D eigenvalue weighted by Gasteiger charge is 1.96. The molecule has 0 aliphatic rings. The van der Waals surface area contributed by atoms with Gasteiger partial charge in [-0.15, -0.1) is 0 Å². The predicted molar refractivity (Wildman–Crippen MR) is 74.4 cm³/mol. The van der Waals surface area contributed by atoms with Crippen LogP contribution >= 0.6 is 11.8 Å². The third-order valence-electron chi connectivity index (χ3n) is 2.48. The van der Waals surface area contributed by atoms with E-state index < -0.39 is 0 Å². The molecule has 0 aliphatic heterocycles. The average Bonchev–Trinajstić information content (AvgIpc) is 2.40. The molecule has 0 N–H and O–H groups in total. The lowest BCUT2D eigenvalue weighted by atomic mass is 10.2. The van der Waals surface area contributed by atoms with Gasteiger partial charge in [-0.3, -0.25) is 0 Å². The zero-order chi connectivity index (χ0) is 11.9. The van der Waals surface area contributed by atoms with Crippen LogP contribution in [0.25, 0.3) is 0 Å². The summed E-state index contributed by atoms with van der Waals surface area (Å²) in [6.07, 6.45) is 2.11. The van der Waals surface area contributed by atoms with E-state index in [1.807, 2.05) is 42.1 Å². The first-order valence-electron chi connectivity index (χ1n) is 5.63. The molecular weight excluding hydrogens is 228 g/mol. The summed E-state index contributed by atoms with van der Waals surface area (Å²) >= 11 is 1.83. The Kier molecular flexibility index (Phi) is 4.51.